The highest BCUT2D eigenvalue weighted by Crippen LogP contribution is 2.24. The van der Waals surface area contributed by atoms with Crippen LogP contribution < -0.4 is 10.1 Å². The van der Waals surface area contributed by atoms with E-state index in [9.17, 15) is 9.90 Å². The molecule has 25 heavy (non-hydrogen) atoms. The van der Waals surface area contributed by atoms with Gasteiger partial charge in [-0.05, 0) is 18.2 Å². The molecule has 2 aromatic carbocycles. The average molecular weight is 340 g/mol. The molecule has 1 fully saturated rings. The van der Waals surface area contributed by atoms with Gasteiger partial charge in [-0.25, -0.2) is 0 Å². The van der Waals surface area contributed by atoms with Crippen molar-refractivity contribution in [3.05, 3.63) is 65.7 Å². The van der Waals surface area contributed by atoms with Gasteiger partial charge in [0, 0.05) is 49.3 Å². The third-order valence-electron chi connectivity index (χ3n) is 4.69. The van der Waals surface area contributed by atoms with Crippen LogP contribution in [0.25, 0.3) is 0 Å². The van der Waals surface area contributed by atoms with E-state index in [-0.39, 0.29) is 24.5 Å². The molecule has 5 heteroatoms. The average Bonchev–Trinajstić information content (AvgIpc) is 3.04. The number of hydrogen-bond acceptors (Lipinski definition) is 4. The Morgan fingerprint density at radius 1 is 1.16 bits per heavy atom. The predicted molar refractivity (Wildman–Crippen MR) is 96.5 cm³/mol. The van der Waals surface area contributed by atoms with Crippen LogP contribution in [0, 0.1) is 5.92 Å². The first-order valence-corrected chi connectivity index (χ1v) is 8.52. The summed E-state index contributed by atoms with van der Waals surface area (Å²) in [6, 6.07) is 17.0. The molecule has 1 heterocycles. The monoisotopic (exact) mass is 340 g/mol. The second-order valence-corrected chi connectivity index (χ2v) is 6.39. The van der Waals surface area contributed by atoms with Crippen molar-refractivity contribution in [1.82, 2.24) is 10.2 Å². The molecule has 0 aromatic heterocycles. The first-order valence-electron chi connectivity index (χ1n) is 8.52. The SMILES string of the molecule is COc1ccccc1CN1C[C@@H](CO)[C@H](NC(=O)c2ccccc2)C1. The molecule has 1 saturated heterocycles. The van der Waals surface area contributed by atoms with Crippen molar-refractivity contribution >= 4 is 5.91 Å². The van der Waals surface area contributed by atoms with E-state index >= 15 is 0 Å². The van der Waals surface area contributed by atoms with Gasteiger partial charge in [-0.15, -0.1) is 0 Å². The zero-order chi connectivity index (χ0) is 17.6. The second-order valence-electron chi connectivity index (χ2n) is 6.39. The van der Waals surface area contributed by atoms with E-state index in [4.69, 9.17) is 4.74 Å². The molecule has 2 aromatic rings. The number of para-hydroxylation sites is 1. The minimum atomic E-state index is -0.0943. The Hall–Kier alpha value is -2.37. The molecule has 3 rings (SSSR count). The summed E-state index contributed by atoms with van der Waals surface area (Å²) in [4.78, 5) is 14.6. The van der Waals surface area contributed by atoms with Crippen LogP contribution in [0.3, 0.4) is 0 Å². The first kappa shape index (κ1) is 17.5. The van der Waals surface area contributed by atoms with Crippen LogP contribution in [0.2, 0.25) is 0 Å². The quantitative estimate of drug-likeness (QED) is 0.843. The van der Waals surface area contributed by atoms with Crippen LogP contribution in [-0.2, 0) is 6.54 Å². The maximum absolute atomic E-state index is 12.4. The molecule has 5 nitrogen and oxygen atoms in total. The number of likely N-dealkylation sites (tertiary alicyclic amines) is 1. The summed E-state index contributed by atoms with van der Waals surface area (Å²) >= 11 is 0. The van der Waals surface area contributed by atoms with Gasteiger partial charge < -0.3 is 15.2 Å². The number of benzene rings is 2. The molecular formula is C20H24N2O3. The smallest absolute Gasteiger partial charge is 0.251 e. The summed E-state index contributed by atoms with van der Waals surface area (Å²) in [5, 5.41) is 12.8. The van der Waals surface area contributed by atoms with Gasteiger partial charge >= 0.3 is 0 Å². The van der Waals surface area contributed by atoms with Gasteiger partial charge in [0.1, 0.15) is 5.75 Å². The fourth-order valence-electron chi connectivity index (χ4n) is 3.35. The number of carbonyl (C=O) groups is 1. The van der Waals surface area contributed by atoms with E-state index in [1.165, 1.54) is 0 Å². The molecule has 0 aliphatic carbocycles. The first-order chi connectivity index (χ1) is 12.2. The molecule has 132 valence electrons. The predicted octanol–water partition coefficient (Wildman–Crippen LogP) is 1.92. The van der Waals surface area contributed by atoms with E-state index in [1.54, 1.807) is 19.2 Å². The van der Waals surface area contributed by atoms with Crippen LogP contribution in [0.15, 0.2) is 54.6 Å². The summed E-state index contributed by atoms with van der Waals surface area (Å²) < 4.78 is 5.41. The van der Waals surface area contributed by atoms with Crippen molar-refractivity contribution in [2.45, 2.75) is 12.6 Å². The molecule has 0 unspecified atom stereocenters. The lowest BCUT2D eigenvalue weighted by Gasteiger charge is -2.18. The number of nitrogens with zero attached hydrogens (tertiary/aromatic N) is 1. The summed E-state index contributed by atoms with van der Waals surface area (Å²) in [5.41, 5.74) is 1.75. The van der Waals surface area contributed by atoms with Crippen LogP contribution in [-0.4, -0.2) is 48.8 Å². The molecule has 0 bridgehead atoms. The van der Waals surface area contributed by atoms with Crippen LogP contribution in [0.4, 0.5) is 0 Å². The normalized spacial score (nSPS) is 20.4. The third-order valence-corrected chi connectivity index (χ3v) is 4.69. The van der Waals surface area contributed by atoms with Crippen LogP contribution >= 0.6 is 0 Å². The Balaban J connectivity index is 1.65. The molecule has 0 radical (unpaired) electrons. The Bertz CT molecular complexity index is 705. The van der Waals surface area contributed by atoms with Gasteiger partial charge in [-0.1, -0.05) is 36.4 Å². The van der Waals surface area contributed by atoms with Gasteiger partial charge in [0.2, 0.25) is 0 Å². The van der Waals surface area contributed by atoms with Crippen molar-refractivity contribution in [3.63, 3.8) is 0 Å². The molecule has 2 N–H and O–H groups in total. The molecule has 1 amide bonds. The fourth-order valence-corrected chi connectivity index (χ4v) is 3.35. The second kappa shape index (κ2) is 8.14. The van der Waals surface area contributed by atoms with E-state index in [2.05, 4.69) is 10.2 Å². The lowest BCUT2D eigenvalue weighted by Crippen LogP contribution is -2.41. The third kappa shape index (κ3) is 4.18. The summed E-state index contributed by atoms with van der Waals surface area (Å²) in [6.07, 6.45) is 0. The minimum Gasteiger partial charge on any atom is -0.496 e. The maximum atomic E-state index is 12.4. The van der Waals surface area contributed by atoms with Crippen molar-refractivity contribution in [2.75, 3.05) is 26.8 Å². The zero-order valence-corrected chi connectivity index (χ0v) is 14.4. The topological polar surface area (TPSA) is 61.8 Å². The number of aliphatic hydroxyl groups is 1. The number of nitrogens with one attached hydrogen (secondary N) is 1. The van der Waals surface area contributed by atoms with E-state index < -0.39 is 0 Å². The summed E-state index contributed by atoms with van der Waals surface area (Å²) in [7, 11) is 1.67. The Labute approximate surface area is 148 Å². The van der Waals surface area contributed by atoms with E-state index in [1.807, 2.05) is 42.5 Å². The molecule has 1 aliphatic heterocycles. The van der Waals surface area contributed by atoms with Gasteiger partial charge in [-0.2, -0.15) is 0 Å². The Kier molecular flexibility index (Phi) is 5.68. The highest BCUT2D eigenvalue weighted by molar-refractivity contribution is 5.94. The number of methoxy groups -OCH3 is 1. The van der Waals surface area contributed by atoms with Gasteiger partial charge in [0.25, 0.3) is 5.91 Å². The zero-order valence-electron chi connectivity index (χ0n) is 14.4. The summed E-state index contributed by atoms with van der Waals surface area (Å²) in [6.45, 7) is 2.25. The fraction of sp³-hybridized carbons (Fsp3) is 0.350. The maximum Gasteiger partial charge on any atom is 0.251 e. The summed E-state index contributed by atoms with van der Waals surface area (Å²) in [5.74, 6) is 0.797. The van der Waals surface area contributed by atoms with E-state index in [0.717, 1.165) is 24.4 Å². The molecular weight excluding hydrogens is 316 g/mol. The minimum absolute atomic E-state index is 0.0300. The number of ether oxygens (including phenoxy) is 1. The number of aliphatic hydroxyl groups excluding tert-OH is 1. The van der Waals surface area contributed by atoms with Crippen LogP contribution in [0.1, 0.15) is 15.9 Å². The Morgan fingerprint density at radius 3 is 2.60 bits per heavy atom. The highest BCUT2D eigenvalue weighted by atomic mass is 16.5. The largest absolute Gasteiger partial charge is 0.496 e. The van der Waals surface area contributed by atoms with Crippen molar-refractivity contribution in [3.8, 4) is 5.75 Å². The van der Waals surface area contributed by atoms with Crippen molar-refractivity contribution in [1.29, 1.82) is 0 Å². The number of rotatable bonds is 6. The molecule has 0 spiro atoms. The van der Waals surface area contributed by atoms with Gasteiger partial charge in [0.05, 0.1) is 7.11 Å². The van der Waals surface area contributed by atoms with Gasteiger partial charge in [0.15, 0.2) is 0 Å². The standard InChI is InChI=1S/C20H24N2O3/c1-25-19-10-6-5-9-16(19)11-22-12-17(14-23)18(13-22)21-20(24)15-7-3-2-4-8-15/h2-10,17-18,23H,11-14H2,1H3,(H,21,24)/t17-,18+/m0/s1. The molecule has 1 aliphatic rings. The van der Waals surface area contributed by atoms with E-state index in [0.29, 0.717) is 12.1 Å². The lowest BCUT2D eigenvalue weighted by atomic mass is 10.0. The van der Waals surface area contributed by atoms with Gasteiger partial charge in [-0.3, -0.25) is 9.69 Å². The van der Waals surface area contributed by atoms with Crippen molar-refractivity contribution in [2.24, 2.45) is 5.92 Å². The number of hydrogen-bond donors (Lipinski definition) is 2. The number of carbonyl (C=O) groups excluding carboxylic acids is 1. The molecule has 0 saturated carbocycles. The lowest BCUT2D eigenvalue weighted by molar-refractivity contribution is 0.0921. The number of amides is 1. The Morgan fingerprint density at radius 2 is 1.88 bits per heavy atom. The molecule has 2 atom stereocenters. The highest BCUT2D eigenvalue weighted by Gasteiger charge is 2.33. The van der Waals surface area contributed by atoms with Crippen LogP contribution in [0.5, 0.6) is 5.75 Å². The van der Waals surface area contributed by atoms with Crippen molar-refractivity contribution < 1.29 is 14.6 Å².